The summed E-state index contributed by atoms with van der Waals surface area (Å²) in [5.41, 5.74) is 5.47. The maximum absolute atomic E-state index is 13.3. The van der Waals surface area contributed by atoms with Gasteiger partial charge in [0, 0.05) is 5.39 Å². The van der Waals surface area contributed by atoms with Gasteiger partial charge in [-0.3, -0.25) is 4.79 Å². The Kier molecular flexibility index (Phi) is 2.07. The molecule has 0 spiro atoms. The van der Waals surface area contributed by atoms with Crippen molar-refractivity contribution in [2.45, 2.75) is 0 Å². The Bertz CT molecular complexity index is 533. The molecule has 1 aromatic heterocycles. The van der Waals surface area contributed by atoms with Crippen molar-refractivity contribution in [1.82, 2.24) is 4.98 Å². The third-order valence-corrected chi connectivity index (χ3v) is 2.19. The molecule has 1 heterocycles. The van der Waals surface area contributed by atoms with Crippen molar-refractivity contribution in [3.63, 3.8) is 0 Å². The summed E-state index contributed by atoms with van der Waals surface area (Å²) in [5, 5.41) is 0.506. The number of aromatic nitrogens is 1. The standard InChI is InChI=1S/C10H9FN2O2/c1-15-8-3-2-6(11)9-5(8)4-7(13-9)10(12)14/h2-4,13H,1H3,(H2,12,14). The van der Waals surface area contributed by atoms with E-state index in [-0.39, 0.29) is 11.2 Å². The molecule has 4 nitrogen and oxygen atoms in total. The number of carbonyl (C=O) groups excluding carboxylic acids is 1. The van der Waals surface area contributed by atoms with Crippen molar-refractivity contribution >= 4 is 16.8 Å². The van der Waals surface area contributed by atoms with E-state index in [0.29, 0.717) is 11.1 Å². The molecule has 5 heteroatoms. The Morgan fingerprint density at radius 2 is 2.27 bits per heavy atom. The molecule has 2 aromatic rings. The molecule has 0 aliphatic carbocycles. The van der Waals surface area contributed by atoms with Crippen LogP contribution < -0.4 is 10.5 Å². The molecule has 0 saturated heterocycles. The predicted octanol–water partition coefficient (Wildman–Crippen LogP) is 1.41. The minimum absolute atomic E-state index is 0.161. The molecule has 0 radical (unpaired) electrons. The quantitative estimate of drug-likeness (QED) is 0.783. The number of hydrogen-bond donors (Lipinski definition) is 2. The molecular weight excluding hydrogens is 199 g/mol. The van der Waals surface area contributed by atoms with E-state index in [1.54, 1.807) is 0 Å². The SMILES string of the molecule is COc1ccc(F)c2[nH]c(C(N)=O)cc12. The number of methoxy groups -OCH3 is 1. The van der Waals surface area contributed by atoms with Crippen molar-refractivity contribution in [3.8, 4) is 5.75 Å². The summed E-state index contributed by atoms with van der Waals surface area (Å²) in [6, 6.07) is 4.23. The van der Waals surface area contributed by atoms with Gasteiger partial charge in [-0.05, 0) is 18.2 Å². The first-order valence-corrected chi connectivity index (χ1v) is 4.28. The molecule has 1 aromatic carbocycles. The van der Waals surface area contributed by atoms with Crippen molar-refractivity contribution in [3.05, 3.63) is 29.7 Å². The van der Waals surface area contributed by atoms with Gasteiger partial charge in [-0.25, -0.2) is 4.39 Å². The second-order valence-electron chi connectivity index (χ2n) is 3.09. The summed E-state index contributed by atoms with van der Waals surface area (Å²) in [7, 11) is 1.48. The number of ether oxygens (including phenoxy) is 1. The smallest absolute Gasteiger partial charge is 0.265 e. The highest BCUT2D eigenvalue weighted by Crippen LogP contribution is 2.28. The summed E-state index contributed by atoms with van der Waals surface area (Å²) in [4.78, 5) is 13.5. The van der Waals surface area contributed by atoms with E-state index < -0.39 is 11.7 Å². The Labute approximate surface area is 84.8 Å². The Morgan fingerprint density at radius 1 is 1.53 bits per heavy atom. The number of halogens is 1. The normalized spacial score (nSPS) is 10.5. The highest BCUT2D eigenvalue weighted by atomic mass is 19.1. The fraction of sp³-hybridized carbons (Fsp3) is 0.100. The first kappa shape index (κ1) is 9.51. The van der Waals surface area contributed by atoms with Gasteiger partial charge in [0.2, 0.25) is 0 Å². The van der Waals surface area contributed by atoms with Crippen LogP contribution in [-0.2, 0) is 0 Å². The van der Waals surface area contributed by atoms with Crippen LogP contribution >= 0.6 is 0 Å². The van der Waals surface area contributed by atoms with Crippen LogP contribution in [0.4, 0.5) is 4.39 Å². The van der Waals surface area contributed by atoms with Gasteiger partial charge in [-0.15, -0.1) is 0 Å². The average Bonchev–Trinajstić information content (AvgIpc) is 2.64. The van der Waals surface area contributed by atoms with Gasteiger partial charge >= 0.3 is 0 Å². The average molecular weight is 208 g/mol. The third kappa shape index (κ3) is 1.41. The second kappa shape index (κ2) is 3.27. The van der Waals surface area contributed by atoms with Crippen molar-refractivity contribution in [2.75, 3.05) is 7.11 Å². The number of amides is 1. The van der Waals surface area contributed by atoms with E-state index in [2.05, 4.69) is 4.98 Å². The van der Waals surface area contributed by atoms with Crippen LogP contribution in [-0.4, -0.2) is 18.0 Å². The summed E-state index contributed by atoms with van der Waals surface area (Å²) >= 11 is 0. The number of nitrogens with one attached hydrogen (secondary N) is 1. The lowest BCUT2D eigenvalue weighted by molar-refractivity contribution is 0.0996. The lowest BCUT2D eigenvalue weighted by atomic mass is 10.2. The zero-order valence-electron chi connectivity index (χ0n) is 8.00. The number of aromatic amines is 1. The molecule has 0 aliphatic heterocycles. The summed E-state index contributed by atoms with van der Waals surface area (Å²) in [6.07, 6.45) is 0. The van der Waals surface area contributed by atoms with Gasteiger partial charge in [0.1, 0.15) is 17.3 Å². The lowest BCUT2D eigenvalue weighted by Crippen LogP contribution is -2.10. The Morgan fingerprint density at radius 3 is 2.87 bits per heavy atom. The molecule has 3 N–H and O–H groups in total. The van der Waals surface area contributed by atoms with Gasteiger partial charge in [0.15, 0.2) is 0 Å². The topological polar surface area (TPSA) is 68.1 Å². The molecule has 0 aliphatic rings. The lowest BCUT2D eigenvalue weighted by Gasteiger charge is -2.00. The molecule has 2 rings (SSSR count). The van der Waals surface area contributed by atoms with E-state index in [9.17, 15) is 9.18 Å². The van der Waals surface area contributed by atoms with Crippen LogP contribution in [0.15, 0.2) is 18.2 Å². The number of benzene rings is 1. The molecule has 0 bridgehead atoms. The first-order valence-electron chi connectivity index (χ1n) is 4.28. The molecular formula is C10H9FN2O2. The van der Waals surface area contributed by atoms with Crippen molar-refractivity contribution < 1.29 is 13.9 Å². The maximum Gasteiger partial charge on any atom is 0.265 e. The van der Waals surface area contributed by atoms with Crippen LogP contribution in [0.2, 0.25) is 0 Å². The van der Waals surface area contributed by atoms with Gasteiger partial charge in [-0.2, -0.15) is 0 Å². The van der Waals surface area contributed by atoms with Crippen LogP contribution in [0, 0.1) is 5.82 Å². The summed E-state index contributed by atoms with van der Waals surface area (Å²) in [6.45, 7) is 0. The second-order valence-corrected chi connectivity index (χ2v) is 3.09. The number of carbonyl (C=O) groups is 1. The highest BCUT2D eigenvalue weighted by molar-refractivity contribution is 5.99. The first-order chi connectivity index (χ1) is 7.13. The van der Waals surface area contributed by atoms with E-state index in [4.69, 9.17) is 10.5 Å². The Balaban J connectivity index is 2.77. The van der Waals surface area contributed by atoms with Crippen LogP contribution in [0.25, 0.3) is 10.9 Å². The number of hydrogen-bond acceptors (Lipinski definition) is 2. The summed E-state index contributed by atoms with van der Waals surface area (Å²) < 4.78 is 18.4. The van der Waals surface area contributed by atoms with Gasteiger partial charge in [0.05, 0.1) is 12.6 Å². The van der Waals surface area contributed by atoms with E-state index in [1.165, 1.54) is 25.3 Å². The van der Waals surface area contributed by atoms with Gasteiger partial charge in [0.25, 0.3) is 5.91 Å². The number of primary amides is 1. The fourth-order valence-electron chi connectivity index (χ4n) is 1.47. The van der Waals surface area contributed by atoms with E-state index in [0.717, 1.165) is 0 Å². The third-order valence-electron chi connectivity index (χ3n) is 2.19. The number of H-pyrrole nitrogens is 1. The minimum atomic E-state index is -0.632. The maximum atomic E-state index is 13.3. The number of fused-ring (bicyclic) bond motifs is 1. The molecule has 15 heavy (non-hydrogen) atoms. The fourth-order valence-corrected chi connectivity index (χ4v) is 1.47. The zero-order valence-corrected chi connectivity index (χ0v) is 8.00. The minimum Gasteiger partial charge on any atom is -0.496 e. The van der Waals surface area contributed by atoms with E-state index in [1.807, 2.05) is 0 Å². The van der Waals surface area contributed by atoms with Gasteiger partial charge in [-0.1, -0.05) is 0 Å². The van der Waals surface area contributed by atoms with Gasteiger partial charge < -0.3 is 15.5 Å². The molecule has 0 unspecified atom stereocenters. The summed E-state index contributed by atoms with van der Waals surface area (Å²) in [5.74, 6) is -0.582. The van der Waals surface area contributed by atoms with Crippen LogP contribution in [0.5, 0.6) is 5.75 Å². The monoisotopic (exact) mass is 208 g/mol. The molecule has 0 fully saturated rings. The molecule has 78 valence electrons. The largest absolute Gasteiger partial charge is 0.496 e. The van der Waals surface area contributed by atoms with Crippen molar-refractivity contribution in [1.29, 1.82) is 0 Å². The van der Waals surface area contributed by atoms with E-state index >= 15 is 0 Å². The molecule has 1 amide bonds. The number of rotatable bonds is 2. The van der Waals surface area contributed by atoms with Crippen LogP contribution in [0.3, 0.4) is 0 Å². The predicted molar refractivity (Wildman–Crippen MR) is 53.3 cm³/mol. The van der Waals surface area contributed by atoms with Crippen molar-refractivity contribution in [2.24, 2.45) is 5.73 Å². The zero-order chi connectivity index (χ0) is 11.0. The van der Waals surface area contributed by atoms with Crippen LogP contribution in [0.1, 0.15) is 10.5 Å². The number of nitrogens with two attached hydrogens (primary N) is 1. The molecule has 0 saturated carbocycles. The Hall–Kier alpha value is -2.04. The highest BCUT2D eigenvalue weighted by Gasteiger charge is 2.12. The molecule has 0 atom stereocenters.